The molecule has 0 unspecified atom stereocenters. The topological polar surface area (TPSA) is 121 Å². The normalized spacial score (nSPS) is 11.2. The van der Waals surface area contributed by atoms with Crippen LogP contribution in [0.15, 0.2) is 42.9 Å². The van der Waals surface area contributed by atoms with Gasteiger partial charge in [-0.3, -0.25) is 10.1 Å². The highest BCUT2D eigenvalue weighted by Crippen LogP contribution is 2.34. The van der Waals surface area contributed by atoms with Crippen LogP contribution in [0.2, 0.25) is 5.02 Å². The highest BCUT2D eigenvalue weighted by atomic mass is 35.5. The van der Waals surface area contributed by atoms with Crippen LogP contribution in [0.3, 0.4) is 0 Å². The number of fused-ring (bicyclic) bond motifs is 1. The molecule has 0 fully saturated rings. The Bertz CT molecular complexity index is 1220. The van der Waals surface area contributed by atoms with E-state index in [2.05, 4.69) is 30.5 Å². The molecule has 172 valence electrons. The summed E-state index contributed by atoms with van der Waals surface area (Å²) < 4.78 is 11.7. The van der Waals surface area contributed by atoms with Crippen LogP contribution in [0.1, 0.15) is 5.69 Å². The number of likely N-dealkylation sites (N-methyl/N-ethyl adjacent to an activating group) is 1. The Kier molecular flexibility index (Phi) is 7.18. The van der Waals surface area contributed by atoms with E-state index in [0.29, 0.717) is 64.6 Å². The Balaban J connectivity index is 1.49. The van der Waals surface area contributed by atoms with Crippen molar-refractivity contribution in [2.24, 2.45) is 0 Å². The van der Waals surface area contributed by atoms with E-state index in [-0.39, 0.29) is 6.61 Å². The summed E-state index contributed by atoms with van der Waals surface area (Å²) in [5, 5.41) is 20.4. The van der Waals surface area contributed by atoms with Crippen LogP contribution in [0, 0.1) is 6.92 Å². The maximum atomic E-state index is 9.01. The van der Waals surface area contributed by atoms with Gasteiger partial charge in [0, 0.05) is 24.5 Å². The molecular weight excluding hydrogens is 446 g/mol. The Labute approximate surface area is 195 Å². The number of hydrogen-bond donors (Lipinski definition) is 3. The maximum Gasteiger partial charge on any atom is 0.246 e. The summed E-state index contributed by atoms with van der Waals surface area (Å²) in [6, 6.07) is 9.06. The van der Waals surface area contributed by atoms with Crippen LogP contribution in [0.4, 0.5) is 11.5 Å². The molecule has 0 saturated carbocycles. The zero-order valence-corrected chi connectivity index (χ0v) is 19.0. The lowest BCUT2D eigenvalue weighted by Crippen LogP contribution is -2.27. The zero-order chi connectivity index (χ0) is 23.2. The second-order valence-corrected chi connectivity index (χ2v) is 7.76. The number of anilines is 2. The Morgan fingerprint density at radius 1 is 1.15 bits per heavy atom. The number of aromatic nitrogens is 5. The van der Waals surface area contributed by atoms with E-state index in [9.17, 15) is 0 Å². The summed E-state index contributed by atoms with van der Waals surface area (Å²) in [7, 11) is 1.91. The number of pyridine rings is 1. The molecular formula is C22H24ClN7O3. The second-order valence-electron chi connectivity index (χ2n) is 7.36. The number of H-pyrrole nitrogens is 1. The standard InChI is InChI=1S/C22H24ClN7O3/c1-14-3-5-16(12-24-14)33-18-6-4-15(11-17(18)23)27-20-19-21(26-13-25-20)28-29-22(19)32-10-8-30(2)7-9-31/h3-6,11-13,31H,7-10H2,1-2H3,(H2,25,26,27,28,29). The van der Waals surface area contributed by atoms with Crippen molar-refractivity contribution >= 4 is 34.1 Å². The molecule has 3 aromatic heterocycles. The Morgan fingerprint density at radius 3 is 2.79 bits per heavy atom. The largest absolute Gasteiger partial charge is 0.475 e. The van der Waals surface area contributed by atoms with Gasteiger partial charge in [-0.25, -0.2) is 9.97 Å². The van der Waals surface area contributed by atoms with Crippen molar-refractivity contribution in [2.75, 3.05) is 38.7 Å². The lowest BCUT2D eigenvalue weighted by atomic mass is 10.3. The SMILES string of the molecule is Cc1ccc(Oc2ccc(Nc3ncnc4[nH]nc(OCCN(C)CCO)c34)cc2Cl)cn1. The van der Waals surface area contributed by atoms with Gasteiger partial charge in [-0.15, -0.1) is 5.10 Å². The first kappa shape index (κ1) is 22.7. The Hall–Kier alpha value is -3.47. The van der Waals surface area contributed by atoms with Gasteiger partial charge in [-0.1, -0.05) is 11.6 Å². The number of hydrogen-bond acceptors (Lipinski definition) is 9. The number of benzene rings is 1. The molecule has 0 aliphatic heterocycles. The summed E-state index contributed by atoms with van der Waals surface area (Å²) in [6.07, 6.45) is 3.09. The number of aromatic amines is 1. The highest BCUT2D eigenvalue weighted by molar-refractivity contribution is 6.32. The lowest BCUT2D eigenvalue weighted by Gasteiger charge is -2.15. The number of rotatable bonds is 10. The lowest BCUT2D eigenvalue weighted by molar-refractivity contribution is 0.191. The molecule has 3 heterocycles. The van der Waals surface area contributed by atoms with Gasteiger partial charge in [0.1, 0.15) is 35.6 Å². The minimum atomic E-state index is 0.0953. The molecule has 10 nitrogen and oxygen atoms in total. The quantitative estimate of drug-likeness (QED) is 0.320. The smallest absolute Gasteiger partial charge is 0.246 e. The van der Waals surface area contributed by atoms with E-state index in [1.165, 1.54) is 6.33 Å². The van der Waals surface area contributed by atoms with E-state index in [1.54, 1.807) is 18.3 Å². The van der Waals surface area contributed by atoms with Gasteiger partial charge >= 0.3 is 0 Å². The highest BCUT2D eigenvalue weighted by Gasteiger charge is 2.15. The molecule has 11 heteroatoms. The molecule has 0 atom stereocenters. The molecule has 1 aromatic carbocycles. The summed E-state index contributed by atoms with van der Waals surface area (Å²) >= 11 is 6.45. The number of aliphatic hydroxyl groups is 1. The molecule has 0 amide bonds. The van der Waals surface area contributed by atoms with Crippen molar-refractivity contribution in [3.63, 3.8) is 0 Å². The molecule has 0 spiro atoms. The van der Waals surface area contributed by atoms with Crippen LogP contribution < -0.4 is 14.8 Å². The van der Waals surface area contributed by atoms with E-state index >= 15 is 0 Å². The maximum absolute atomic E-state index is 9.01. The number of aryl methyl sites for hydroxylation is 1. The summed E-state index contributed by atoms with van der Waals surface area (Å²) in [6.45, 7) is 3.61. The molecule has 4 rings (SSSR count). The van der Waals surface area contributed by atoms with Crippen molar-refractivity contribution in [3.05, 3.63) is 53.6 Å². The van der Waals surface area contributed by atoms with E-state index in [4.69, 9.17) is 26.2 Å². The van der Waals surface area contributed by atoms with Crippen molar-refractivity contribution in [1.82, 2.24) is 30.0 Å². The molecule has 0 aliphatic rings. The molecule has 0 aliphatic carbocycles. The van der Waals surface area contributed by atoms with E-state index in [1.807, 2.05) is 37.1 Å². The van der Waals surface area contributed by atoms with Crippen LogP contribution in [-0.2, 0) is 0 Å². The Morgan fingerprint density at radius 2 is 2.03 bits per heavy atom. The van der Waals surface area contributed by atoms with Crippen molar-refractivity contribution in [1.29, 1.82) is 0 Å². The fourth-order valence-corrected chi connectivity index (χ4v) is 3.27. The average Bonchev–Trinajstić information content (AvgIpc) is 3.21. The minimum Gasteiger partial charge on any atom is -0.475 e. The van der Waals surface area contributed by atoms with Crippen LogP contribution >= 0.6 is 11.6 Å². The zero-order valence-electron chi connectivity index (χ0n) is 18.2. The number of ether oxygens (including phenoxy) is 2. The van der Waals surface area contributed by atoms with Gasteiger partial charge < -0.3 is 24.8 Å². The summed E-state index contributed by atoms with van der Waals surface area (Å²) in [5.74, 6) is 2.04. The van der Waals surface area contributed by atoms with Gasteiger partial charge in [-0.05, 0) is 44.3 Å². The van der Waals surface area contributed by atoms with Crippen molar-refractivity contribution in [2.45, 2.75) is 6.92 Å². The molecule has 0 saturated heterocycles. The summed E-state index contributed by atoms with van der Waals surface area (Å²) in [5.41, 5.74) is 2.16. The monoisotopic (exact) mass is 469 g/mol. The van der Waals surface area contributed by atoms with Crippen molar-refractivity contribution < 1.29 is 14.6 Å². The fraction of sp³-hybridized carbons (Fsp3) is 0.273. The number of halogens is 1. The van der Waals surface area contributed by atoms with Gasteiger partial charge in [0.05, 0.1) is 17.8 Å². The third kappa shape index (κ3) is 5.67. The molecule has 3 N–H and O–H groups in total. The molecule has 33 heavy (non-hydrogen) atoms. The number of aliphatic hydroxyl groups excluding tert-OH is 1. The predicted octanol–water partition coefficient (Wildman–Crippen LogP) is 3.55. The van der Waals surface area contributed by atoms with Crippen LogP contribution in [0.5, 0.6) is 17.4 Å². The minimum absolute atomic E-state index is 0.0953. The molecule has 4 aromatic rings. The first-order valence-corrected chi connectivity index (χ1v) is 10.7. The first-order valence-electron chi connectivity index (χ1n) is 10.3. The van der Waals surface area contributed by atoms with Gasteiger partial charge in [0.2, 0.25) is 5.88 Å². The van der Waals surface area contributed by atoms with Gasteiger partial charge in [0.15, 0.2) is 5.65 Å². The van der Waals surface area contributed by atoms with Crippen LogP contribution in [-0.4, -0.2) is 68.5 Å². The molecule has 0 bridgehead atoms. The fourth-order valence-electron chi connectivity index (χ4n) is 3.05. The van der Waals surface area contributed by atoms with Crippen LogP contribution in [0.25, 0.3) is 11.0 Å². The van der Waals surface area contributed by atoms with Gasteiger partial charge in [0.25, 0.3) is 0 Å². The van der Waals surface area contributed by atoms with E-state index in [0.717, 1.165) is 5.69 Å². The van der Waals surface area contributed by atoms with E-state index < -0.39 is 0 Å². The second kappa shape index (κ2) is 10.4. The average molecular weight is 470 g/mol. The third-order valence-electron chi connectivity index (χ3n) is 4.82. The number of nitrogens with zero attached hydrogens (tertiary/aromatic N) is 5. The third-order valence-corrected chi connectivity index (χ3v) is 5.12. The predicted molar refractivity (Wildman–Crippen MR) is 126 cm³/mol. The first-order chi connectivity index (χ1) is 16.0. The van der Waals surface area contributed by atoms with Gasteiger partial charge in [-0.2, -0.15) is 0 Å². The summed E-state index contributed by atoms with van der Waals surface area (Å²) in [4.78, 5) is 14.7. The molecule has 0 radical (unpaired) electrons. The van der Waals surface area contributed by atoms with Crippen molar-refractivity contribution in [3.8, 4) is 17.4 Å². The number of nitrogens with one attached hydrogen (secondary N) is 2.